The zero-order valence-electron chi connectivity index (χ0n) is 22.5. The van der Waals surface area contributed by atoms with Gasteiger partial charge in [0.05, 0.1) is 12.8 Å². The number of aryl methyl sites for hydroxylation is 2. The quantitative estimate of drug-likeness (QED) is 0.202. The van der Waals surface area contributed by atoms with Crippen LogP contribution in [0.5, 0.6) is 5.75 Å². The Kier molecular flexibility index (Phi) is 7.45. The van der Waals surface area contributed by atoms with Gasteiger partial charge < -0.3 is 4.74 Å². The van der Waals surface area contributed by atoms with Crippen molar-refractivity contribution in [1.82, 2.24) is 9.97 Å². The van der Waals surface area contributed by atoms with E-state index in [-0.39, 0.29) is 0 Å². The lowest BCUT2D eigenvalue weighted by atomic mass is 9.91. The number of methoxy groups -OCH3 is 1. The van der Waals surface area contributed by atoms with Gasteiger partial charge in [-0.1, -0.05) is 121 Å². The molecule has 194 valence electrons. The van der Waals surface area contributed by atoms with Gasteiger partial charge in [0.1, 0.15) is 5.75 Å². The van der Waals surface area contributed by atoms with E-state index in [4.69, 9.17) is 14.7 Å². The van der Waals surface area contributed by atoms with Crippen molar-refractivity contribution in [3.63, 3.8) is 0 Å². The van der Waals surface area contributed by atoms with E-state index in [1.807, 2.05) is 30.3 Å². The molecule has 5 aromatic carbocycles. The lowest BCUT2D eigenvalue weighted by molar-refractivity contribution is 0.416. The van der Waals surface area contributed by atoms with Crippen molar-refractivity contribution in [3.05, 3.63) is 151 Å². The van der Waals surface area contributed by atoms with Gasteiger partial charge in [-0.3, -0.25) is 0 Å². The van der Waals surface area contributed by atoms with Crippen LogP contribution in [0.25, 0.3) is 44.9 Å². The third-order valence-electron chi connectivity index (χ3n) is 7.11. The molecular formula is C37H30N2O. The molecule has 0 saturated heterocycles. The first kappa shape index (κ1) is 25.3. The summed E-state index contributed by atoms with van der Waals surface area (Å²) in [6.45, 7) is 0. The zero-order valence-corrected chi connectivity index (χ0v) is 22.5. The second kappa shape index (κ2) is 11.8. The van der Waals surface area contributed by atoms with Gasteiger partial charge in [-0.15, -0.1) is 0 Å². The largest absolute Gasteiger partial charge is 0.496 e. The highest BCUT2D eigenvalue weighted by atomic mass is 16.5. The molecule has 0 amide bonds. The first-order valence-electron chi connectivity index (χ1n) is 13.6. The van der Waals surface area contributed by atoms with Crippen LogP contribution in [0.4, 0.5) is 0 Å². The minimum Gasteiger partial charge on any atom is -0.496 e. The molecule has 0 radical (unpaired) electrons. The smallest absolute Gasteiger partial charge is 0.160 e. The van der Waals surface area contributed by atoms with Crippen molar-refractivity contribution in [3.8, 4) is 50.6 Å². The Hall–Kier alpha value is -5.02. The summed E-state index contributed by atoms with van der Waals surface area (Å²) in [7, 11) is 1.73. The van der Waals surface area contributed by atoms with Gasteiger partial charge in [-0.2, -0.15) is 0 Å². The molecule has 0 aliphatic rings. The van der Waals surface area contributed by atoms with E-state index < -0.39 is 0 Å². The summed E-state index contributed by atoms with van der Waals surface area (Å²) in [5.41, 5.74) is 9.63. The molecule has 0 fully saturated rings. The maximum atomic E-state index is 6.01. The van der Waals surface area contributed by atoms with E-state index in [1.54, 1.807) is 7.11 Å². The fourth-order valence-corrected chi connectivity index (χ4v) is 5.06. The van der Waals surface area contributed by atoms with Crippen molar-refractivity contribution >= 4 is 0 Å². The fraction of sp³-hybridized carbons (Fsp3) is 0.0811. The minimum absolute atomic E-state index is 0.719. The molecule has 1 heterocycles. The Morgan fingerprint density at radius 1 is 0.500 bits per heavy atom. The molecule has 0 spiro atoms. The van der Waals surface area contributed by atoms with Crippen LogP contribution in [0.2, 0.25) is 0 Å². The molecule has 0 bridgehead atoms. The SMILES string of the molecule is COc1cc(-c2ccccc2)c(-c2ccccc2)cc1-c1cc(CCc2ccccc2)nc(-c2ccccc2)n1. The summed E-state index contributed by atoms with van der Waals surface area (Å²) in [4.78, 5) is 10.1. The number of hydrogen-bond donors (Lipinski definition) is 0. The van der Waals surface area contributed by atoms with E-state index in [0.29, 0.717) is 0 Å². The first-order chi connectivity index (χ1) is 19.8. The van der Waals surface area contributed by atoms with E-state index in [1.165, 1.54) is 5.56 Å². The van der Waals surface area contributed by atoms with Crippen LogP contribution in [-0.4, -0.2) is 17.1 Å². The molecule has 0 unspecified atom stereocenters. The van der Waals surface area contributed by atoms with Gasteiger partial charge in [0.15, 0.2) is 5.82 Å². The summed E-state index contributed by atoms with van der Waals surface area (Å²) in [6.07, 6.45) is 1.72. The van der Waals surface area contributed by atoms with Crippen LogP contribution in [0.3, 0.4) is 0 Å². The second-order valence-corrected chi connectivity index (χ2v) is 9.75. The van der Waals surface area contributed by atoms with Gasteiger partial charge >= 0.3 is 0 Å². The Labute approximate surface area is 235 Å². The molecule has 0 atom stereocenters. The molecule has 0 saturated carbocycles. The Balaban J connectivity index is 1.52. The maximum Gasteiger partial charge on any atom is 0.160 e. The predicted molar refractivity (Wildman–Crippen MR) is 164 cm³/mol. The van der Waals surface area contributed by atoms with Crippen molar-refractivity contribution < 1.29 is 4.74 Å². The van der Waals surface area contributed by atoms with Gasteiger partial charge in [-0.05, 0) is 58.9 Å². The summed E-state index contributed by atoms with van der Waals surface area (Å²) in [5, 5.41) is 0. The van der Waals surface area contributed by atoms with Crippen molar-refractivity contribution in [1.29, 1.82) is 0 Å². The van der Waals surface area contributed by atoms with Crippen LogP contribution in [0.1, 0.15) is 11.3 Å². The van der Waals surface area contributed by atoms with Gasteiger partial charge in [0.2, 0.25) is 0 Å². The lowest BCUT2D eigenvalue weighted by Crippen LogP contribution is -2.02. The molecule has 0 N–H and O–H groups in total. The maximum absolute atomic E-state index is 6.01. The molecule has 3 nitrogen and oxygen atoms in total. The highest BCUT2D eigenvalue weighted by molar-refractivity contribution is 5.89. The number of nitrogens with zero attached hydrogens (tertiary/aromatic N) is 2. The predicted octanol–water partition coefficient (Wildman–Crippen LogP) is 8.94. The monoisotopic (exact) mass is 518 g/mol. The molecule has 40 heavy (non-hydrogen) atoms. The number of hydrogen-bond acceptors (Lipinski definition) is 3. The number of ether oxygens (including phenoxy) is 1. The highest BCUT2D eigenvalue weighted by Gasteiger charge is 2.18. The van der Waals surface area contributed by atoms with Crippen LogP contribution >= 0.6 is 0 Å². The molecular weight excluding hydrogens is 488 g/mol. The Bertz CT molecular complexity index is 1700. The van der Waals surface area contributed by atoms with E-state index >= 15 is 0 Å². The zero-order chi connectivity index (χ0) is 27.1. The molecule has 0 aliphatic carbocycles. The van der Waals surface area contributed by atoms with Crippen LogP contribution in [-0.2, 0) is 12.8 Å². The fourth-order valence-electron chi connectivity index (χ4n) is 5.06. The summed E-state index contributed by atoms with van der Waals surface area (Å²) in [6, 6.07) is 48.2. The molecule has 6 rings (SSSR count). The van der Waals surface area contributed by atoms with Crippen LogP contribution < -0.4 is 4.74 Å². The summed E-state index contributed by atoms with van der Waals surface area (Å²) >= 11 is 0. The van der Waals surface area contributed by atoms with Gasteiger partial charge in [-0.25, -0.2) is 9.97 Å². The average molecular weight is 519 g/mol. The van der Waals surface area contributed by atoms with Crippen LogP contribution in [0.15, 0.2) is 140 Å². The number of rotatable bonds is 8. The van der Waals surface area contributed by atoms with Crippen molar-refractivity contribution in [2.75, 3.05) is 7.11 Å². The Morgan fingerprint density at radius 2 is 1.02 bits per heavy atom. The minimum atomic E-state index is 0.719. The summed E-state index contributed by atoms with van der Waals surface area (Å²) < 4.78 is 6.01. The average Bonchev–Trinajstić information content (AvgIpc) is 3.04. The molecule has 3 heteroatoms. The highest BCUT2D eigenvalue weighted by Crippen LogP contribution is 2.41. The first-order valence-corrected chi connectivity index (χ1v) is 13.6. The van der Waals surface area contributed by atoms with Gasteiger partial charge in [0.25, 0.3) is 0 Å². The van der Waals surface area contributed by atoms with Crippen molar-refractivity contribution in [2.45, 2.75) is 12.8 Å². The summed E-state index contributed by atoms with van der Waals surface area (Å²) in [5.74, 6) is 1.50. The molecule has 0 aliphatic heterocycles. The van der Waals surface area contributed by atoms with E-state index in [9.17, 15) is 0 Å². The van der Waals surface area contributed by atoms with Gasteiger partial charge in [0, 0.05) is 16.8 Å². The number of benzene rings is 5. The van der Waals surface area contributed by atoms with Crippen LogP contribution in [0, 0.1) is 0 Å². The second-order valence-electron chi connectivity index (χ2n) is 9.75. The Morgan fingerprint density at radius 3 is 1.60 bits per heavy atom. The number of aromatic nitrogens is 2. The van der Waals surface area contributed by atoms with E-state index in [2.05, 4.69) is 109 Å². The third-order valence-corrected chi connectivity index (χ3v) is 7.11. The topological polar surface area (TPSA) is 35.0 Å². The third kappa shape index (κ3) is 5.55. The molecule has 6 aromatic rings. The molecule has 1 aromatic heterocycles. The lowest BCUT2D eigenvalue weighted by Gasteiger charge is -2.17. The standard InChI is InChI=1S/C37H30N2O/c1-40-36-26-33(29-18-10-4-11-19-29)32(28-16-8-3-9-17-28)25-34(36)35-24-31(23-22-27-14-6-2-7-15-27)38-37(39-35)30-20-12-5-13-21-30/h2-21,24-26H,22-23H2,1H3. The normalized spacial score (nSPS) is 10.8. The van der Waals surface area contributed by atoms with Crippen molar-refractivity contribution in [2.24, 2.45) is 0 Å². The van der Waals surface area contributed by atoms with E-state index in [0.717, 1.165) is 69.2 Å².